The average molecular weight is 329 g/mol. The Balaban J connectivity index is 1.91. The van der Waals surface area contributed by atoms with Crippen LogP contribution in [0.4, 0.5) is 5.13 Å². The molecular weight excluding hydrogens is 314 g/mol. The van der Waals surface area contributed by atoms with Crippen molar-refractivity contribution in [2.75, 3.05) is 5.73 Å². The molecule has 0 radical (unpaired) electrons. The number of nitrogens with two attached hydrogens (primary N) is 1. The van der Waals surface area contributed by atoms with Gasteiger partial charge in [0.2, 0.25) is 5.91 Å². The highest BCUT2D eigenvalue weighted by Gasteiger charge is 2.30. The van der Waals surface area contributed by atoms with Gasteiger partial charge < -0.3 is 11.1 Å². The van der Waals surface area contributed by atoms with E-state index in [2.05, 4.69) is 41.5 Å². The summed E-state index contributed by atoms with van der Waals surface area (Å²) in [6.07, 6.45) is 0.461. The van der Waals surface area contributed by atoms with E-state index in [0.717, 1.165) is 10.6 Å². The lowest BCUT2D eigenvalue weighted by molar-refractivity contribution is -0.121. The molecule has 1 aliphatic rings. The molecule has 4 nitrogen and oxygen atoms in total. The molecule has 112 valence electrons. The molecule has 1 atom stereocenters. The summed E-state index contributed by atoms with van der Waals surface area (Å²) in [4.78, 5) is 18.9. The Kier molecular flexibility index (Phi) is 3.16. The molecule has 4 rings (SSSR count). The van der Waals surface area contributed by atoms with Gasteiger partial charge in [-0.1, -0.05) is 18.2 Å². The number of benzene rings is 1. The van der Waals surface area contributed by atoms with Crippen molar-refractivity contribution in [3.63, 3.8) is 0 Å². The first-order valence-electron chi connectivity index (χ1n) is 7.13. The Morgan fingerprint density at radius 1 is 1.27 bits per heavy atom. The van der Waals surface area contributed by atoms with Crippen LogP contribution in [0.3, 0.4) is 0 Å². The number of anilines is 1. The van der Waals surface area contributed by atoms with Gasteiger partial charge in [0.05, 0.1) is 12.2 Å². The monoisotopic (exact) mass is 329 g/mol. The van der Waals surface area contributed by atoms with Gasteiger partial charge in [0.1, 0.15) is 0 Å². The van der Waals surface area contributed by atoms with E-state index in [1.54, 1.807) is 11.3 Å². The Hall–Kier alpha value is -1.92. The number of fused-ring (bicyclic) bond motifs is 2. The molecule has 1 aromatic carbocycles. The van der Waals surface area contributed by atoms with Gasteiger partial charge in [-0.3, -0.25) is 4.79 Å². The van der Waals surface area contributed by atoms with Crippen molar-refractivity contribution in [2.24, 2.45) is 0 Å². The van der Waals surface area contributed by atoms with E-state index in [-0.39, 0.29) is 11.8 Å². The van der Waals surface area contributed by atoms with Crippen LogP contribution in [0, 0.1) is 6.92 Å². The summed E-state index contributed by atoms with van der Waals surface area (Å²) < 4.78 is 1.26. The molecule has 3 aromatic rings. The van der Waals surface area contributed by atoms with Crippen molar-refractivity contribution in [1.29, 1.82) is 0 Å². The largest absolute Gasteiger partial charge is 0.375 e. The number of carbonyl (C=O) groups excluding carboxylic acids is 1. The van der Waals surface area contributed by atoms with Crippen LogP contribution in [0.2, 0.25) is 0 Å². The maximum absolute atomic E-state index is 12.1. The molecule has 0 fully saturated rings. The highest BCUT2D eigenvalue weighted by Crippen LogP contribution is 2.44. The molecule has 0 saturated heterocycles. The second kappa shape index (κ2) is 5.07. The summed E-state index contributed by atoms with van der Waals surface area (Å²) in [7, 11) is 0. The lowest BCUT2D eigenvalue weighted by Crippen LogP contribution is -2.21. The van der Waals surface area contributed by atoms with Crippen molar-refractivity contribution < 1.29 is 4.79 Å². The number of amides is 1. The van der Waals surface area contributed by atoms with Crippen LogP contribution in [-0.2, 0) is 11.3 Å². The molecule has 0 aliphatic carbocycles. The highest BCUT2D eigenvalue weighted by molar-refractivity contribution is 7.20. The fourth-order valence-electron chi connectivity index (χ4n) is 3.05. The standard InChI is InChI=1S/C16H15N3OS2/c1-8-9-4-2-3-5-12(9)21-14(8)10-6-13(20)18-7-11-15(10)22-16(17)19-11/h2-5,10H,6-7H2,1H3,(H2,17,19)(H,18,20). The molecule has 3 N–H and O–H groups in total. The van der Waals surface area contributed by atoms with Crippen LogP contribution in [-0.4, -0.2) is 10.9 Å². The van der Waals surface area contributed by atoms with E-state index in [4.69, 9.17) is 5.73 Å². The molecule has 0 bridgehead atoms. The van der Waals surface area contributed by atoms with Crippen LogP contribution in [0.1, 0.15) is 33.4 Å². The number of rotatable bonds is 1. The first kappa shape index (κ1) is 13.7. The number of hydrogen-bond donors (Lipinski definition) is 2. The van der Waals surface area contributed by atoms with E-state index in [9.17, 15) is 4.79 Å². The zero-order valence-corrected chi connectivity index (χ0v) is 13.7. The summed E-state index contributed by atoms with van der Waals surface area (Å²) in [5.41, 5.74) is 8.07. The van der Waals surface area contributed by atoms with Gasteiger partial charge in [0, 0.05) is 26.8 Å². The van der Waals surface area contributed by atoms with E-state index in [1.165, 1.54) is 31.9 Å². The van der Waals surface area contributed by atoms with Crippen LogP contribution in [0.25, 0.3) is 10.1 Å². The van der Waals surface area contributed by atoms with Crippen LogP contribution >= 0.6 is 22.7 Å². The first-order chi connectivity index (χ1) is 10.6. The maximum atomic E-state index is 12.1. The average Bonchev–Trinajstić information content (AvgIpc) is 3.00. The Bertz CT molecular complexity index is 881. The summed E-state index contributed by atoms with van der Waals surface area (Å²) in [6, 6.07) is 8.39. The quantitative estimate of drug-likeness (QED) is 0.719. The molecule has 1 amide bonds. The Labute approximate surface area is 136 Å². The number of aromatic nitrogens is 1. The van der Waals surface area contributed by atoms with Crippen molar-refractivity contribution in [1.82, 2.24) is 10.3 Å². The second-order valence-electron chi connectivity index (χ2n) is 5.48. The van der Waals surface area contributed by atoms with Gasteiger partial charge in [-0.15, -0.1) is 22.7 Å². The number of aryl methyl sites for hydroxylation is 1. The van der Waals surface area contributed by atoms with Gasteiger partial charge in [-0.05, 0) is 23.9 Å². The highest BCUT2D eigenvalue weighted by atomic mass is 32.1. The lowest BCUT2D eigenvalue weighted by Gasteiger charge is -2.12. The zero-order valence-electron chi connectivity index (χ0n) is 12.1. The van der Waals surface area contributed by atoms with E-state index < -0.39 is 0 Å². The van der Waals surface area contributed by atoms with Gasteiger partial charge in [0.15, 0.2) is 5.13 Å². The van der Waals surface area contributed by atoms with Gasteiger partial charge >= 0.3 is 0 Å². The number of nitrogens with one attached hydrogen (secondary N) is 1. The molecule has 0 saturated carbocycles. The van der Waals surface area contributed by atoms with Crippen molar-refractivity contribution in [2.45, 2.75) is 25.8 Å². The topological polar surface area (TPSA) is 68.0 Å². The number of nitrogen functional groups attached to an aromatic ring is 1. The van der Waals surface area contributed by atoms with Crippen LogP contribution in [0.5, 0.6) is 0 Å². The van der Waals surface area contributed by atoms with Gasteiger partial charge in [0.25, 0.3) is 0 Å². The Morgan fingerprint density at radius 3 is 2.91 bits per heavy atom. The molecule has 1 unspecified atom stereocenters. The maximum Gasteiger partial charge on any atom is 0.221 e. The molecule has 1 aliphatic heterocycles. The van der Waals surface area contributed by atoms with Gasteiger partial charge in [-0.2, -0.15) is 0 Å². The van der Waals surface area contributed by atoms with Crippen molar-refractivity contribution in [3.05, 3.63) is 45.3 Å². The van der Waals surface area contributed by atoms with E-state index >= 15 is 0 Å². The minimum Gasteiger partial charge on any atom is -0.375 e. The minimum absolute atomic E-state index is 0.0599. The third-order valence-electron chi connectivity index (χ3n) is 4.10. The fourth-order valence-corrected chi connectivity index (χ4v) is 5.41. The predicted molar refractivity (Wildman–Crippen MR) is 91.4 cm³/mol. The SMILES string of the molecule is Cc1c(C2CC(=O)NCc3nc(N)sc32)sc2ccccc12. The van der Waals surface area contributed by atoms with Crippen molar-refractivity contribution in [3.8, 4) is 0 Å². The molecular formula is C16H15N3OS2. The third kappa shape index (κ3) is 2.10. The second-order valence-corrected chi connectivity index (χ2v) is 7.63. The fraction of sp³-hybridized carbons (Fsp3) is 0.250. The summed E-state index contributed by atoms with van der Waals surface area (Å²) >= 11 is 3.28. The lowest BCUT2D eigenvalue weighted by atomic mass is 9.97. The molecule has 6 heteroatoms. The number of thiophene rings is 1. The number of carbonyl (C=O) groups is 1. The molecule has 3 heterocycles. The summed E-state index contributed by atoms with van der Waals surface area (Å²) in [5.74, 6) is 0.135. The number of nitrogens with zero attached hydrogens (tertiary/aromatic N) is 1. The number of hydrogen-bond acceptors (Lipinski definition) is 5. The molecule has 2 aromatic heterocycles. The first-order valence-corrected chi connectivity index (χ1v) is 8.76. The molecule has 0 spiro atoms. The minimum atomic E-state index is 0.0599. The number of thiazole rings is 1. The van der Waals surface area contributed by atoms with Crippen LogP contribution < -0.4 is 11.1 Å². The summed E-state index contributed by atoms with van der Waals surface area (Å²) in [6.45, 7) is 2.61. The summed E-state index contributed by atoms with van der Waals surface area (Å²) in [5, 5.41) is 4.76. The normalized spacial score (nSPS) is 18.0. The van der Waals surface area contributed by atoms with E-state index in [0.29, 0.717) is 18.1 Å². The van der Waals surface area contributed by atoms with E-state index in [1.807, 2.05) is 0 Å². The Morgan fingerprint density at radius 2 is 2.09 bits per heavy atom. The predicted octanol–water partition coefficient (Wildman–Crippen LogP) is 3.40. The zero-order chi connectivity index (χ0) is 15.3. The van der Waals surface area contributed by atoms with Crippen LogP contribution in [0.15, 0.2) is 24.3 Å². The molecule has 22 heavy (non-hydrogen) atoms. The van der Waals surface area contributed by atoms with Gasteiger partial charge in [-0.25, -0.2) is 4.98 Å². The smallest absolute Gasteiger partial charge is 0.221 e. The third-order valence-corrected chi connectivity index (χ3v) is 6.53. The van der Waals surface area contributed by atoms with Crippen molar-refractivity contribution >= 4 is 43.8 Å².